The van der Waals surface area contributed by atoms with E-state index in [0.29, 0.717) is 25.3 Å². The van der Waals surface area contributed by atoms with Crippen LogP contribution < -0.4 is 4.74 Å². The summed E-state index contributed by atoms with van der Waals surface area (Å²) in [4.78, 5) is 15.1. The van der Waals surface area contributed by atoms with Gasteiger partial charge in [-0.05, 0) is 61.4 Å². The van der Waals surface area contributed by atoms with Crippen molar-refractivity contribution in [2.24, 2.45) is 5.41 Å². The van der Waals surface area contributed by atoms with Gasteiger partial charge in [-0.1, -0.05) is 46.8 Å². The molecule has 0 spiro atoms. The molecule has 1 atom stereocenters. The number of aryl methyl sites for hydroxylation is 1. The zero-order valence-corrected chi connectivity index (χ0v) is 24.2. The Labute approximate surface area is 228 Å². The van der Waals surface area contributed by atoms with Gasteiger partial charge in [0.1, 0.15) is 18.1 Å². The molecule has 0 aliphatic heterocycles. The molecule has 0 bridgehead atoms. The number of aliphatic hydroxyl groups is 1. The minimum absolute atomic E-state index is 0.151. The number of benzene rings is 1. The largest absolute Gasteiger partial charge is 0.491 e. The fourth-order valence-electron chi connectivity index (χ4n) is 4.96. The van der Waals surface area contributed by atoms with Gasteiger partial charge in [0.15, 0.2) is 0 Å². The third-order valence-electron chi connectivity index (χ3n) is 7.61. The van der Waals surface area contributed by atoms with E-state index in [2.05, 4.69) is 48.8 Å². The SMILES string of the molecule is CCn1c(C(=O)N(CCC#N)CCC#N)ccc1C(CC)(CC)c1ccc(OCC(O)C(C)(C)C)c(C)c1. The van der Waals surface area contributed by atoms with E-state index in [9.17, 15) is 9.90 Å². The average Bonchev–Trinajstić information content (AvgIpc) is 3.32. The van der Waals surface area contributed by atoms with Crippen LogP contribution in [0, 0.1) is 35.0 Å². The molecule has 0 fully saturated rings. The van der Waals surface area contributed by atoms with Gasteiger partial charge >= 0.3 is 0 Å². The normalized spacial score (nSPS) is 12.5. The second kappa shape index (κ2) is 13.5. The van der Waals surface area contributed by atoms with Crippen LogP contribution in [0.4, 0.5) is 0 Å². The maximum atomic E-state index is 13.5. The standard InChI is InChI=1S/C31H44N4O3/c1-8-31(9-2,24-13-15-26(23(4)21-24)38-22-28(36)30(5,6)7)27-16-14-25(35(27)10-3)29(37)34(19-11-17-32)20-12-18-33/h13-16,21,28,36H,8-12,19-20,22H2,1-7H3. The molecule has 2 rings (SSSR count). The highest BCUT2D eigenvalue weighted by Gasteiger charge is 2.35. The van der Waals surface area contributed by atoms with Gasteiger partial charge in [-0.25, -0.2) is 0 Å². The molecule has 1 heterocycles. The van der Waals surface area contributed by atoms with Crippen molar-refractivity contribution in [3.05, 3.63) is 52.8 Å². The summed E-state index contributed by atoms with van der Waals surface area (Å²) in [6.45, 7) is 15.8. The molecule has 1 unspecified atom stereocenters. The van der Waals surface area contributed by atoms with Crippen molar-refractivity contribution in [2.75, 3.05) is 19.7 Å². The van der Waals surface area contributed by atoms with Crippen LogP contribution in [0.15, 0.2) is 30.3 Å². The predicted octanol–water partition coefficient (Wildman–Crippen LogP) is 5.98. The van der Waals surface area contributed by atoms with Crippen molar-refractivity contribution < 1.29 is 14.6 Å². The first-order valence-corrected chi connectivity index (χ1v) is 13.7. The molecule has 38 heavy (non-hydrogen) atoms. The van der Waals surface area contributed by atoms with Crippen LogP contribution >= 0.6 is 0 Å². The summed E-state index contributed by atoms with van der Waals surface area (Å²) in [5.41, 5.74) is 3.24. The van der Waals surface area contributed by atoms with Gasteiger partial charge in [0.2, 0.25) is 0 Å². The molecule has 1 aromatic carbocycles. The maximum absolute atomic E-state index is 13.5. The van der Waals surface area contributed by atoms with E-state index in [1.807, 2.05) is 46.8 Å². The molecule has 0 aliphatic rings. The van der Waals surface area contributed by atoms with Crippen molar-refractivity contribution in [2.45, 2.75) is 92.2 Å². The van der Waals surface area contributed by atoms with E-state index in [-0.39, 0.29) is 36.2 Å². The zero-order valence-electron chi connectivity index (χ0n) is 24.2. The molecular formula is C31H44N4O3. The number of carbonyl (C=O) groups excluding carboxylic acids is 1. The predicted molar refractivity (Wildman–Crippen MR) is 150 cm³/mol. The van der Waals surface area contributed by atoms with Crippen molar-refractivity contribution in [3.8, 4) is 17.9 Å². The number of amides is 1. The number of aromatic nitrogens is 1. The summed E-state index contributed by atoms with van der Waals surface area (Å²) < 4.78 is 8.07. The van der Waals surface area contributed by atoms with Crippen LogP contribution in [0.3, 0.4) is 0 Å². The Morgan fingerprint density at radius 3 is 2.13 bits per heavy atom. The van der Waals surface area contributed by atoms with Crippen molar-refractivity contribution >= 4 is 5.91 Å². The molecule has 1 aromatic heterocycles. The van der Waals surface area contributed by atoms with Crippen LogP contribution in [-0.2, 0) is 12.0 Å². The Bertz CT molecular complexity index is 1140. The highest BCUT2D eigenvalue weighted by molar-refractivity contribution is 5.93. The lowest BCUT2D eigenvalue weighted by molar-refractivity contribution is 0.0216. The van der Waals surface area contributed by atoms with Gasteiger partial charge in [-0.3, -0.25) is 4.79 Å². The van der Waals surface area contributed by atoms with Crippen LogP contribution in [0.25, 0.3) is 0 Å². The fraction of sp³-hybridized carbons (Fsp3) is 0.581. The molecule has 206 valence electrons. The number of carbonyl (C=O) groups is 1. The summed E-state index contributed by atoms with van der Waals surface area (Å²) in [6, 6.07) is 14.4. The van der Waals surface area contributed by atoms with E-state index in [4.69, 9.17) is 15.3 Å². The van der Waals surface area contributed by atoms with Gasteiger partial charge in [-0.2, -0.15) is 10.5 Å². The highest BCUT2D eigenvalue weighted by Crippen LogP contribution is 2.41. The topological polar surface area (TPSA) is 102 Å². The third kappa shape index (κ3) is 6.77. The molecule has 2 aromatic rings. The number of ether oxygens (including phenoxy) is 1. The van der Waals surface area contributed by atoms with Gasteiger partial charge in [0, 0.05) is 30.7 Å². The Balaban J connectivity index is 2.48. The number of nitrogens with zero attached hydrogens (tertiary/aromatic N) is 4. The molecular weight excluding hydrogens is 476 g/mol. The van der Waals surface area contributed by atoms with E-state index in [1.165, 1.54) is 0 Å². The minimum Gasteiger partial charge on any atom is -0.491 e. The monoisotopic (exact) mass is 520 g/mol. The first kappa shape index (κ1) is 30.9. The van der Waals surface area contributed by atoms with Crippen LogP contribution in [0.1, 0.15) is 94.5 Å². The fourth-order valence-corrected chi connectivity index (χ4v) is 4.96. The molecule has 7 nitrogen and oxygen atoms in total. The number of hydrogen-bond acceptors (Lipinski definition) is 5. The number of aliphatic hydroxyl groups excluding tert-OH is 1. The Morgan fingerprint density at radius 2 is 1.66 bits per heavy atom. The molecule has 0 aliphatic carbocycles. The molecule has 1 amide bonds. The second-order valence-corrected chi connectivity index (χ2v) is 10.9. The van der Waals surface area contributed by atoms with Gasteiger partial charge < -0.3 is 19.3 Å². The van der Waals surface area contributed by atoms with Crippen molar-refractivity contribution in [3.63, 3.8) is 0 Å². The van der Waals surface area contributed by atoms with Crippen LogP contribution in [0.5, 0.6) is 5.75 Å². The van der Waals surface area contributed by atoms with Gasteiger partial charge in [-0.15, -0.1) is 0 Å². The molecule has 0 radical (unpaired) electrons. The summed E-state index contributed by atoms with van der Waals surface area (Å²) >= 11 is 0. The summed E-state index contributed by atoms with van der Waals surface area (Å²) in [5, 5.41) is 28.5. The quantitative estimate of drug-likeness (QED) is 0.350. The molecule has 7 heteroatoms. The van der Waals surface area contributed by atoms with Gasteiger partial charge in [0.25, 0.3) is 5.91 Å². The third-order valence-corrected chi connectivity index (χ3v) is 7.61. The van der Waals surface area contributed by atoms with Crippen molar-refractivity contribution in [1.82, 2.24) is 9.47 Å². The van der Waals surface area contributed by atoms with E-state index in [0.717, 1.165) is 35.4 Å². The van der Waals surface area contributed by atoms with E-state index < -0.39 is 6.10 Å². The molecule has 1 N–H and O–H groups in total. The Morgan fingerprint density at radius 1 is 1.05 bits per heavy atom. The molecule has 0 saturated carbocycles. The summed E-state index contributed by atoms with van der Waals surface area (Å²) in [7, 11) is 0. The lowest BCUT2D eigenvalue weighted by Crippen LogP contribution is -2.35. The van der Waals surface area contributed by atoms with Crippen molar-refractivity contribution in [1.29, 1.82) is 10.5 Å². The second-order valence-electron chi connectivity index (χ2n) is 10.9. The lowest BCUT2D eigenvalue weighted by Gasteiger charge is -2.35. The number of rotatable bonds is 13. The molecule has 0 saturated heterocycles. The van der Waals surface area contributed by atoms with E-state index in [1.54, 1.807) is 4.90 Å². The minimum atomic E-state index is -0.573. The first-order valence-electron chi connectivity index (χ1n) is 13.7. The average molecular weight is 521 g/mol. The smallest absolute Gasteiger partial charge is 0.270 e. The van der Waals surface area contributed by atoms with Gasteiger partial charge in [0.05, 0.1) is 31.1 Å². The maximum Gasteiger partial charge on any atom is 0.270 e. The highest BCUT2D eigenvalue weighted by atomic mass is 16.5. The lowest BCUT2D eigenvalue weighted by atomic mass is 9.72. The number of hydrogen-bond donors (Lipinski definition) is 1. The Kier molecular flexibility index (Phi) is 11.0. The van der Waals surface area contributed by atoms with E-state index >= 15 is 0 Å². The summed E-state index contributed by atoms with van der Waals surface area (Å²) in [6.07, 6.45) is 1.57. The Hall–Kier alpha value is -3.29. The number of nitriles is 2. The first-order chi connectivity index (χ1) is 18.0. The summed E-state index contributed by atoms with van der Waals surface area (Å²) in [5.74, 6) is 0.604. The van der Waals surface area contributed by atoms with Crippen LogP contribution in [0.2, 0.25) is 0 Å². The van der Waals surface area contributed by atoms with Crippen LogP contribution in [-0.4, -0.2) is 46.3 Å². The zero-order chi connectivity index (χ0) is 28.5.